The van der Waals surface area contributed by atoms with E-state index in [0.717, 1.165) is 40.8 Å². The maximum absolute atomic E-state index is 13.2. The average Bonchev–Trinajstić information content (AvgIpc) is 3.29. The second-order valence-corrected chi connectivity index (χ2v) is 9.41. The first-order valence-corrected chi connectivity index (χ1v) is 11.6. The van der Waals surface area contributed by atoms with Crippen molar-refractivity contribution >= 4 is 50.4 Å². The van der Waals surface area contributed by atoms with Crippen molar-refractivity contribution in [3.05, 3.63) is 43.2 Å². The number of ketones is 1. The summed E-state index contributed by atoms with van der Waals surface area (Å²) in [5.74, 6) is 0.403. The molecule has 0 aromatic carbocycles. The number of rotatable bonds is 6. The van der Waals surface area contributed by atoms with E-state index in [1.165, 1.54) is 40.0 Å². The zero-order chi connectivity index (χ0) is 18.1. The van der Waals surface area contributed by atoms with Crippen molar-refractivity contribution in [1.29, 1.82) is 0 Å². The molecule has 0 unspecified atom stereocenters. The van der Waals surface area contributed by atoms with Crippen molar-refractivity contribution in [2.75, 3.05) is 5.75 Å². The van der Waals surface area contributed by atoms with Gasteiger partial charge in [-0.3, -0.25) is 14.2 Å². The third-order valence-electron chi connectivity index (χ3n) is 4.62. The van der Waals surface area contributed by atoms with Crippen LogP contribution in [0.1, 0.15) is 46.3 Å². The van der Waals surface area contributed by atoms with E-state index >= 15 is 0 Å². The van der Waals surface area contributed by atoms with Gasteiger partial charge in [-0.1, -0.05) is 24.8 Å². The molecule has 4 nitrogen and oxygen atoms in total. The van der Waals surface area contributed by atoms with Crippen LogP contribution >= 0.6 is 34.4 Å². The van der Waals surface area contributed by atoms with Gasteiger partial charge < -0.3 is 0 Å². The molecule has 3 heterocycles. The van der Waals surface area contributed by atoms with Crippen molar-refractivity contribution in [2.45, 2.75) is 50.7 Å². The van der Waals surface area contributed by atoms with Gasteiger partial charge in [0.1, 0.15) is 4.83 Å². The van der Waals surface area contributed by atoms with Crippen LogP contribution < -0.4 is 5.56 Å². The molecule has 0 N–H and O–H groups in total. The highest BCUT2D eigenvalue weighted by Gasteiger charge is 2.22. The van der Waals surface area contributed by atoms with Crippen LogP contribution in [0, 0.1) is 0 Å². The summed E-state index contributed by atoms with van der Waals surface area (Å²) in [5.41, 5.74) is 1.30. The quantitative estimate of drug-likeness (QED) is 0.337. The number of nitrogens with zero attached hydrogens (tertiary/aromatic N) is 2. The van der Waals surface area contributed by atoms with Crippen LogP contribution in [0.2, 0.25) is 0 Å². The summed E-state index contributed by atoms with van der Waals surface area (Å²) < 4.78 is 1.77. The minimum absolute atomic E-state index is 0.0716. The fraction of sp³-hybridized carbons (Fsp3) is 0.421. The predicted molar refractivity (Wildman–Crippen MR) is 110 cm³/mol. The van der Waals surface area contributed by atoms with Gasteiger partial charge in [0.15, 0.2) is 10.9 Å². The van der Waals surface area contributed by atoms with Crippen molar-refractivity contribution in [3.63, 3.8) is 0 Å². The first kappa shape index (κ1) is 17.9. The maximum Gasteiger partial charge on any atom is 0.263 e. The number of aromatic nitrogens is 2. The van der Waals surface area contributed by atoms with Crippen molar-refractivity contribution < 1.29 is 4.79 Å². The third kappa shape index (κ3) is 3.28. The molecule has 0 fully saturated rings. The second-order valence-electron chi connectivity index (χ2n) is 6.43. The molecule has 0 spiro atoms. The zero-order valence-electron chi connectivity index (χ0n) is 14.6. The summed E-state index contributed by atoms with van der Waals surface area (Å²) in [7, 11) is 0. The Balaban J connectivity index is 1.72. The smallest absolute Gasteiger partial charge is 0.263 e. The molecule has 3 aromatic rings. The lowest BCUT2D eigenvalue weighted by Gasteiger charge is -2.12. The molecule has 4 rings (SSSR count). The van der Waals surface area contributed by atoms with Crippen LogP contribution in [-0.4, -0.2) is 21.1 Å². The number of carbonyl (C=O) groups is 1. The molecule has 0 bridgehead atoms. The Kier molecular flexibility index (Phi) is 5.29. The van der Waals surface area contributed by atoms with Crippen LogP contribution in [0.15, 0.2) is 27.5 Å². The molecule has 0 atom stereocenters. The Morgan fingerprint density at radius 2 is 2.19 bits per heavy atom. The van der Waals surface area contributed by atoms with Gasteiger partial charge in [0, 0.05) is 11.4 Å². The molecule has 0 aliphatic heterocycles. The molecule has 0 saturated heterocycles. The van der Waals surface area contributed by atoms with E-state index in [2.05, 4.69) is 6.92 Å². The normalized spacial score (nSPS) is 13.9. The number of thiophene rings is 2. The van der Waals surface area contributed by atoms with E-state index in [-0.39, 0.29) is 11.3 Å². The maximum atomic E-state index is 13.2. The lowest BCUT2D eigenvalue weighted by molar-refractivity contribution is 0.102. The van der Waals surface area contributed by atoms with Gasteiger partial charge in [-0.05, 0) is 49.1 Å². The van der Waals surface area contributed by atoms with Crippen molar-refractivity contribution in [2.24, 2.45) is 0 Å². The molecular weight excluding hydrogens is 384 g/mol. The lowest BCUT2D eigenvalue weighted by atomic mass is 9.97. The summed E-state index contributed by atoms with van der Waals surface area (Å²) in [6.45, 7) is 2.70. The number of hydrogen-bond donors (Lipinski definition) is 0. The molecule has 0 amide bonds. The molecule has 136 valence electrons. The van der Waals surface area contributed by atoms with Gasteiger partial charge in [-0.25, -0.2) is 4.98 Å². The Labute approximate surface area is 164 Å². The standard InChI is InChI=1S/C19H20N2O2S3/c1-2-9-21-18(23)16-12-6-3-4-7-14(12)26-17(16)20-19(21)25-11-13(22)15-8-5-10-24-15/h5,8,10H,2-4,6-7,9,11H2,1H3. The van der Waals surface area contributed by atoms with E-state index in [1.54, 1.807) is 15.9 Å². The van der Waals surface area contributed by atoms with Crippen LogP contribution in [-0.2, 0) is 19.4 Å². The Hall–Kier alpha value is -1.44. The Morgan fingerprint density at radius 1 is 1.35 bits per heavy atom. The summed E-state index contributed by atoms with van der Waals surface area (Å²) in [4.78, 5) is 33.3. The minimum atomic E-state index is 0.0716. The van der Waals surface area contributed by atoms with Gasteiger partial charge in [0.25, 0.3) is 5.56 Å². The summed E-state index contributed by atoms with van der Waals surface area (Å²) >= 11 is 4.50. The number of Topliss-reactive ketones (excluding diaryl/α,β-unsaturated/α-hetero) is 1. The summed E-state index contributed by atoms with van der Waals surface area (Å²) in [6, 6.07) is 3.73. The Morgan fingerprint density at radius 3 is 2.96 bits per heavy atom. The van der Waals surface area contributed by atoms with E-state index < -0.39 is 0 Å². The van der Waals surface area contributed by atoms with Crippen LogP contribution in [0.4, 0.5) is 0 Å². The fourth-order valence-electron chi connectivity index (χ4n) is 3.39. The van der Waals surface area contributed by atoms with Crippen molar-refractivity contribution in [1.82, 2.24) is 9.55 Å². The molecule has 7 heteroatoms. The first-order chi connectivity index (χ1) is 12.7. The predicted octanol–water partition coefficient (Wildman–Crippen LogP) is 4.78. The average molecular weight is 405 g/mol. The molecule has 26 heavy (non-hydrogen) atoms. The highest BCUT2D eigenvalue weighted by Crippen LogP contribution is 2.34. The third-order valence-corrected chi connectivity index (χ3v) is 7.69. The topological polar surface area (TPSA) is 52.0 Å². The molecule has 1 aliphatic carbocycles. The molecule has 3 aromatic heterocycles. The van der Waals surface area contributed by atoms with Crippen LogP contribution in [0.5, 0.6) is 0 Å². The largest absolute Gasteiger partial charge is 0.292 e. The van der Waals surface area contributed by atoms with Crippen LogP contribution in [0.3, 0.4) is 0 Å². The molecular formula is C19H20N2O2S3. The zero-order valence-corrected chi connectivity index (χ0v) is 17.1. The SMILES string of the molecule is CCCn1c(SCC(=O)c2cccs2)nc2sc3c(c2c1=O)CCCC3. The number of hydrogen-bond acceptors (Lipinski definition) is 6. The lowest BCUT2D eigenvalue weighted by Crippen LogP contribution is -2.24. The van der Waals surface area contributed by atoms with E-state index in [1.807, 2.05) is 17.5 Å². The van der Waals surface area contributed by atoms with Gasteiger partial charge in [-0.2, -0.15) is 0 Å². The van der Waals surface area contributed by atoms with Crippen LogP contribution in [0.25, 0.3) is 10.2 Å². The van der Waals surface area contributed by atoms with Crippen molar-refractivity contribution in [3.8, 4) is 0 Å². The van der Waals surface area contributed by atoms with E-state index in [0.29, 0.717) is 17.5 Å². The molecule has 1 aliphatic rings. The fourth-order valence-corrected chi connectivity index (χ4v) is 6.36. The first-order valence-electron chi connectivity index (χ1n) is 8.93. The monoisotopic (exact) mass is 404 g/mol. The number of fused-ring (bicyclic) bond motifs is 3. The van der Waals surface area contributed by atoms with E-state index in [4.69, 9.17) is 4.98 Å². The van der Waals surface area contributed by atoms with Gasteiger partial charge in [-0.15, -0.1) is 22.7 Å². The number of carbonyl (C=O) groups excluding carboxylic acids is 1. The summed E-state index contributed by atoms with van der Waals surface area (Å²) in [6.07, 6.45) is 5.26. The Bertz CT molecular complexity index is 1000. The summed E-state index contributed by atoms with van der Waals surface area (Å²) in [5, 5.41) is 3.41. The number of thioether (sulfide) groups is 1. The highest BCUT2D eigenvalue weighted by atomic mass is 32.2. The van der Waals surface area contributed by atoms with Gasteiger partial charge in [0.2, 0.25) is 0 Å². The molecule has 0 saturated carbocycles. The van der Waals surface area contributed by atoms with Gasteiger partial charge >= 0.3 is 0 Å². The minimum Gasteiger partial charge on any atom is -0.292 e. The second kappa shape index (κ2) is 7.66. The molecule has 0 radical (unpaired) electrons. The highest BCUT2D eigenvalue weighted by molar-refractivity contribution is 7.99. The number of aryl methyl sites for hydroxylation is 2. The van der Waals surface area contributed by atoms with E-state index in [9.17, 15) is 9.59 Å². The van der Waals surface area contributed by atoms with Gasteiger partial charge in [0.05, 0.1) is 16.0 Å².